The van der Waals surface area contributed by atoms with Crippen LogP contribution in [-0.2, 0) is 11.2 Å². The van der Waals surface area contributed by atoms with Gasteiger partial charge in [0.05, 0.1) is 30.4 Å². The lowest BCUT2D eigenvalue weighted by molar-refractivity contribution is -0.385. The molecule has 0 aromatic heterocycles. The van der Waals surface area contributed by atoms with Crippen LogP contribution in [0, 0.1) is 10.1 Å². The fourth-order valence-electron chi connectivity index (χ4n) is 3.49. The highest BCUT2D eigenvalue weighted by molar-refractivity contribution is 5.93. The molecule has 0 aliphatic carbocycles. The third-order valence-corrected chi connectivity index (χ3v) is 4.96. The Labute approximate surface area is 179 Å². The highest BCUT2D eigenvalue weighted by atomic mass is 16.6. The molecule has 31 heavy (non-hydrogen) atoms. The number of carbonyl (C=O) groups is 2. The van der Waals surface area contributed by atoms with E-state index in [9.17, 15) is 19.7 Å². The van der Waals surface area contributed by atoms with Gasteiger partial charge in [-0.3, -0.25) is 15.0 Å². The van der Waals surface area contributed by atoms with Gasteiger partial charge in [-0.1, -0.05) is 0 Å². The molecule has 2 aromatic carbocycles. The molecule has 0 spiro atoms. The van der Waals surface area contributed by atoms with Crippen molar-refractivity contribution in [1.29, 1.82) is 0 Å². The largest absolute Gasteiger partial charge is 0.496 e. The number of carbonyl (C=O) groups excluding carboxylic acids is 2. The van der Waals surface area contributed by atoms with E-state index < -0.39 is 17.0 Å². The van der Waals surface area contributed by atoms with Crippen LogP contribution in [0.4, 0.5) is 26.7 Å². The molecule has 3 amide bonds. The molecule has 0 fully saturated rings. The summed E-state index contributed by atoms with van der Waals surface area (Å²) in [6.45, 7) is 4.29. The van der Waals surface area contributed by atoms with E-state index in [0.29, 0.717) is 36.6 Å². The number of nitrogens with zero attached hydrogens (tertiary/aromatic N) is 2. The van der Waals surface area contributed by atoms with Crippen molar-refractivity contribution in [1.82, 2.24) is 5.32 Å². The molecular formula is C21H24N4O6. The quantitative estimate of drug-likeness (QED) is 0.529. The summed E-state index contributed by atoms with van der Waals surface area (Å²) in [5.41, 5.74) is 2.67. The Morgan fingerprint density at radius 1 is 1.26 bits per heavy atom. The minimum Gasteiger partial charge on any atom is -0.496 e. The molecule has 0 saturated heterocycles. The van der Waals surface area contributed by atoms with Gasteiger partial charge in [-0.05, 0) is 50.1 Å². The number of methoxy groups -OCH3 is 1. The van der Waals surface area contributed by atoms with Crippen LogP contribution in [0.15, 0.2) is 36.4 Å². The average molecular weight is 428 g/mol. The first-order chi connectivity index (χ1) is 14.8. The van der Waals surface area contributed by atoms with Crippen molar-refractivity contribution in [2.24, 2.45) is 0 Å². The monoisotopic (exact) mass is 428 g/mol. The summed E-state index contributed by atoms with van der Waals surface area (Å²) in [7, 11) is 1.46. The number of ether oxygens (including phenoxy) is 2. The Bertz CT molecular complexity index is 1010. The number of amides is 3. The van der Waals surface area contributed by atoms with Crippen LogP contribution in [0.3, 0.4) is 0 Å². The first-order valence-electron chi connectivity index (χ1n) is 9.81. The van der Waals surface area contributed by atoms with Crippen LogP contribution >= 0.6 is 0 Å². The Balaban J connectivity index is 1.69. The van der Waals surface area contributed by atoms with Gasteiger partial charge in [0, 0.05) is 29.9 Å². The third kappa shape index (κ3) is 4.85. The van der Waals surface area contributed by atoms with Gasteiger partial charge in [0.15, 0.2) is 0 Å². The maximum Gasteiger partial charge on any atom is 0.414 e. The average Bonchev–Trinajstić information content (AvgIpc) is 3.16. The Kier molecular flexibility index (Phi) is 6.58. The summed E-state index contributed by atoms with van der Waals surface area (Å²) in [4.78, 5) is 36.6. The topological polar surface area (TPSA) is 123 Å². The molecule has 10 nitrogen and oxygen atoms in total. The summed E-state index contributed by atoms with van der Waals surface area (Å²) in [6.07, 6.45) is 0.270. The summed E-state index contributed by atoms with van der Waals surface area (Å²) in [5.74, 6) is 0.440. The fraction of sp³-hybridized carbons (Fsp3) is 0.333. The number of hydrogen-bond acceptors (Lipinski definition) is 6. The molecule has 0 radical (unpaired) electrons. The minimum absolute atomic E-state index is 0.0883. The molecule has 10 heteroatoms. The Morgan fingerprint density at radius 2 is 2.03 bits per heavy atom. The van der Waals surface area contributed by atoms with E-state index in [1.165, 1.54) is 25.3 Å². The number of benzene rings is 2. The standard InChI is InChI=1S/C21H24N4O6/c1-4-31-21(27)24-10-9-14-11-15(5-7-18(14)24)23-20(26)22-13(2)17-12-16(25(28)29)6-8-19(17)30-3/h5-8,11-13H,4,9-10H2,1-3H3,(H2,22,23,26). The van der Waals surface area contributed by atoms with Crippen LogP contribution in [0.25, 0.3) is 0 Å². The van der Waals surface area contributed by atoms with E-state index in [-0.39, 0.29) is 11.8 Å². The minimum atomic E-state index is -0.538. The molecule has 0 saturated carbocycles. The van der Waals surface area contributed by atoms with Gasteiger partial charge < -0.3 is 20.1 Å². The number of hydrogen-bond donors (Lipinski definition) is 2. The maximum absolute atomic E-state index is 12.5. The molecule has 1 aliphatic rings. The van der Waals surface area contributed by atoms with Crippen molar-refractivity contribution in [3.8, 4) is 5.75 Å². The Morgan fingerprint density at radius 3 is 2.71 bits per heavy atom. The van der Waals surface area contributed by atoms with Gasteiger partial charge in [-0.15, -0.1) is 0 Å². The zero-order valence-electron chi connectivity index (χ0n) is 17.5. The molecule has 1 unspecified atom stereocenters. The highest BCUT2D eigenvalue weighted by Crippen LogP contribution is 2.32. The van der Waals surface area contributed by atoms with Crippen molar-refractivity contribution in [2.45, 2.75) is 26.3 Å². The lowest BCUT2D eigenvalue weighted by atomic mass is 10.1. The number of nitro groups is 1. The van der Waals surface area contributed by atoms with Gasteiger partial charge in [-0.2, -0.15) is 0 Å². The van der Waals surface area contributed by atoms with Crippen LogP contribution in [0.1, 0.15) is 31.0 Å². The molecule has 2 N–H and O–H groups in total. The van der Waals surface area contributed by atoms with Crippen molar-refractivity contribution in [2.75, 3.05) is 30.5 Å². The predicted molar refractivity (Wildman–Crippen MR) is 115 cm³/mol. The number of nitro benzene ring substituents is 1. The fourth-order valence-corrected chi connectivity index (χ4v) is 3.49. The van der Waals surface area contributed by atoms with Crippen LogP contribution in [0.2, 0.25) is 0 Å². The predicted octanol–water partition coefficient (Wildman–Crippen LogP) is 4.01. The van der Waals surface area contributed by atoms with E-state index >= 15 is 0 Å². The van der Waals surface area contributed by atoms with E-state index in [4.69, 9.17) is 9.47 Å². The number of fused-ring (bicyclic) bond motifs is 1. The van der Waals surface area contributed by atoms with Gasteiger partial charge in [0.25, 0.3) is 5.69 Å². The third-order valence-electron chi connectivity index (χ3n) is 4.96. The molecular weight excluding hydrogens is 404 g/mol. The smallest absolute Gasteiger partial charge is 0.414 e. The van der Waals surface area contributed by atoms with E-state index in [1.54, 1.807) is 30.9 Å². The van der Waals surface area contributed by atoms with E-state index in [2.05, 4.69) is 10.6 Å². The van der Waals surface area contributed by atoms with Gasteiger partial charge in [0.1, 0.15) is 5.75 Å². The first kappa shape index (κ1) is 21.9. The van der Waals surface area contributed by atoms with Crippen molar-refractivity contribution < 1.29 is 24.0 Å². The zero-order chi connectivity index (χ0) is 22.5. The van der Waals surface area contributed by atoms with Gasteiger partial charge in [-0.25, -0.2) is 9.59 Å². The van der Waals surface area contributed by atoms with E-state index in [1.807, 2.05) is 6.07 Å². The number of nitrogens with one attached hydrogen (secondary N) is 2. The summed E-state index contributed by atoms with van der Waals surface area (Å²) >= 11 is 0. The van der Waals surface area contributed by atoms with Gasteiger partial charge in [0.2, 0.25) is 0 Å². The number of rotatable bonds is 6. The zero-order valence-corrected chi connectivity index (χ0v) is 17.5. The molecule has 1 atom stereocenters. The van der Waals surface area contributed by atoms with Crippen LogP contribution in [-0.4, -0.2) is 37.3 Å². The number of urea groups is 1. The lowest BCUT2D eigenvalue weighted by Gasteiger charge is -2.18. The second kappa shape index (κ2) is 9.33. The molecule has 1 heterocycles. The normalized spacial score (nSPS) is 13.2. The van der Waals surface area contributed by atoms with E-state index in [0.717, 1.165) is 11.3 Å². The summed E-state index contributed by atoms with van der Waals surface area (Å²) < 4.78 is 10.3. The van der Waals surface area contributed by atoms with Crippen LogP contribution in [0.5, 0.6) is 5.75 Å². The van der Waals surface area contributed by atoms with Crippen molar-refractivity contribution >= 4 is 29.2 Å². The van der Waals surface area contributed by atoms with Crippen molar-refractivity contribution in [3.05, 3.63) is 57.6 Å². The summed E-state index contributed by atoms with van der Waals surface area (Å²) in [5, 5.41) is 16.6. The highest BCUT2D eigenvalue weighted by Gasteiger charge is 2.26. The lowest BCUT2D eigenvalue weighted by Crippen LogP contribution is -2.31. The molecule has 0 bridgehead atoms. The maximum atomic E-state index is 12.5. The molecule has 164 valence electrons. The molecule has 3 rings (SSSR count). The van der Waals surface area contributed by atoms with Crippen LogP contribution < -0.4 is 20.3 Å². The molecule has 2 aromatic rings. The molecule has 1 aliphatic heterocycles. The first-order valence-corrected chi connectivity index (χ1v) is 9.81. The Hall–Kier alpha value is -3.82. The second-order valence-corrected chi connectivity index (χ2v) is 6.95. The number of anilines is 2. The SMILES string of the molecule is CCOC(=O)N1CCc2cc(NC(=O)NC(C)c3cc([N+](=O)[O-])ccc3OC)ccc21. The second-order valence-electron chi connectivity index (χ2n) is 6.95. The van der Waals surface area contributed by atoms with Gasteiger partial charge >= 0.3 is 12.1 Å². The van der Waals surface area contributed by atoms with Crippen molar-refractivity contribution in [3.63, 3.8) is 0 Å². The number of non-ortho nitro benzene ring substituents is 1. The summed E-state index contributed by atoms with van der Waals surface area (Å²) in [6, 6.07) is 8.50.